The summed E-state index contributed by atoms with van der Waals surface area (Å²) < 4.78 is 6.19. The van der Waals surface area contributed by atoms with E-state index in [1.54, 1.807) is 23.1 Å². The third-order valence-corrected chi connectivity index (χ3v) is 6.59. The fourth-order valence-corrected chi connectivity index (χ4v) is 4.76. The molecule has 0 bridgehead atoms. The van der Waals surface area contributed by atoms with Crippen LogP contribution in [0.5, 0.6) is 5.75 Å². The topological polar surface area (TPSA) is 79.0 Å². The van der Waals surface area contributed by atoms with Crippen molar-refractivity contribution in [2.75, 3.05) is 19.6 Å². The van der Waals surface area contributed by atoms with E-state index in [1.165, 1.54) is 6.42 Å². The first-order valence-corrected chi connectivity index (χ1v) is 11.2. The fraction of sp³-hybridized carbons (Fsp3) is 0.609. The Hall–Kier alpha value is -2.57. The summed E-state index contributed by atoms with van der Waals surface area (Å²) in [5.74, 6) is 0.339. The van der Waals surface area contributed by atoms with Crippen LogP contribution in [0.3, 0.4) is 0 Å². The minimum Gasteiger partial charge on any atom is -0.467 e. The van der Waals surface area contributed by atoms with Crippen LogP contribution in [0, 0.1) is 0 Å². The van der Waals surface area contributed by atoms with Gasteiger partial charge in [-0.15, -0.1) is 0 Å². The number of amides is 3. The van der Waals surface area contributed by atoms with E-state index < -0.39 is 11.8 Å². The Morgan fingerprint density at radius 1 is 1.03 bits per heavy atom. The molecule has 1 aromatic carbocycles. The Labute approximate surface area is 177 Å². The maximum Gasteiger partial charge on any atom is 0.258 e. The number of likely N-dealkylation sites (tertiary alicyclic amines) is 2. The van der Waals surface area contributed by atoms with Crippen molar-refractivity contribution in [3.63, 3.8) is 0 Å². The number of carbonyl (C=O) groups is 3. The summed E-state index contributed by atoms with van der Waals surface area (Å²) >= 11 is 0. The first-order chi connectivity index (χ1) is 14.5. The zero-order valence-corrected chi connectivity index (χ0v) is 17.7. The predicted molar refractivity (Wildman–Crippen MR) is 112 cm³/mol. The average Bonchev–Trinajstić information content (AvgIpc) is 2.86. The number of hydrogen-bond acceptors (Lipinski definition) is 4. The molecule has 3 heterocycles. The van der Waals surface area contributed by atoms with Crippen LogP contribution in [0.4, 0.5) is 0 Å². The molecule has 30 heavy (non-hydrogen) atoms. The molecular formula is C23H31N3O4. The van der Waals surface area contributed by atoms with E-state index in [4.69, 9.17) is 4.74 Å². The Kier molecular flexibility index (Phi) is 5.97. The quantitative estimate of drug-likeness (QED) is 0.809. The molecule has 7 heteroatoms. The molecule has 3 aliphatic heterocycles. The van der Waals surface area contributed by atoms with Gasteiger partial charge in [0.1, 0.15) is 11.8 Å². The van der Waals surface area contributed by atoms with Gasteiger partial charge in [0.15, 0.2) is 5.72 Å². The minimum atomic E-state index is -0.904. The van der Waals surface area contributed by atoms with Crippen LogP contribution in [0.2, 0.25) is 0 Å². The molecule has 2 atom stereocenters. The lowest BCUT2D eigenvalue weighted by molar-refractivity contribution is -0.145. The molecule has 0 saturated carbocycles. The van der Waals surface area contributed by atoms with Gasteiger partial charge in [-0.2, -0.15) is 0 Å². The summed E-state index contributed by atoms with van der Waals surface area (Å²) in [6, 6.07) is 6.66. The number of carbonyl (C=O) groups excluding carboxylic acids is 3. The molecule has 0 radical (unpaired) electrons. The summed E-state index contributed by atoms with van der Waals surface area (Å²) in [5.41, 5.74) is -0.393. The van der Waals surface area contributed by atoms with E-state index in [9.17, 15) is 14.4 Å². The standard InChI is InChI=1S/C23H31N3O4/c1-17(22(29)25-14-7-3-2-4-8-15-25)26-16-13-23(12-11-20(26)27)24-21(28)18-9-5-6-10-19(18)30-23/h5-6,9-10,17H,2-4,7-8,11-16H2,1H3,(H,24,28). The maximum atomic E-state index is 13.1. The SMILES string of the molecule is CC(C(=O)N1CCCCCCC1)N1CCC2(CCC1=O)NC(=O)c1ccccc1O2. The number of nitrogens with zero attached hydrogens (tertiary/aromatic N) is 2. The molecular weight excluding hydrogens is 382 g/mol. The van der Waals surface area contributed by atoms with Gasteiger partial charge in [0.25, 0.3) is 5.91 Å². The lowest BCUT2D eigenvalue weighted by Crippen LogP contribution is -2.56. The van der Waals surface area contributed by atoms with E-state index in [2.05, 4.69) is 5.32 Å². The number of rotatable bonds is 2. The highest BCUT2D eigenvalue weighted by molar-refractivity contribution is 5.98. The molecule has 7 nitrogen and oxygen atoms in total. The van der Waals surface area contributed by atoms with Gasteiger partial charge in [0, 0.05) is 38.9 Å². The molecule has 162 valence electrons. The Morgan fingerprint density at radius 2 is 1.73 bits per heavy atom. The summed E-state index contributed by atoms with van der Waals surface area (Å²) in [7, 11) is 0. The highest BCUT2D eigenvalue weighted by atomic mass is 16.5. The van der Waals surface area contributed by atoms with Gasteiger partial charge in [0.2, 0.25) is 11.8 Å². The van der Waals surface area contributed by atoms with Gasteiger partial charge in [0.05, 0.1) is 5.56 Å². The van der Waals surface area contributed by atoms with E-state index >= 15 is 0 Å². The molecule has 0 aromatic heterocycles. The van der Waals surface area contributed by atoms with E-state index in [-0.39, 0.29) is 24.1 Å². The molecule has 1 aromatic rings. The van der Waals surface area contributed by atoms with Gasteiger partial charge < -0.3 is 19.9 Å². The van der Waals surface area contributed by atoms with Gasteiger partial charge in [-0.3, -0.25) is 14.4 Å². The summed E-state index contributed by atoms with van der Waals surface area (Å²) in [6.07, 6.45) is 6.68. The minimum absolute atomic E-state index is 0.0279. The van der Waals surface area contributed by atoms with Crippen molar-refractivity contribution in [1.82, 2.24) is 15.1 Å². The van der Waals surface area contributed by atoms with Crippen LogP contribution in [-0.2, 0) is 9.59 Å². The Bertz CT molecular complexity index is 818. The molecule has 2 saturated heterocycles. The average molecular weight is 414 g/mol. The number of para-hydroxylation sites is 1. The monoisotopic (exact) mass is 413 g/mol. The van der Waals surface area contributed by atoms with Crippen LogP contribution in [0.1, 0.15) is 68.6 Å². The molecule has 1 spiro atoms. The third-order valence-electron chi connectivity index (χ3n) is 6.59. The molecule has 3 amide bonds. The zero-order chi connectivity index (χ0) is 21.1. The summed E-state index contributed by atoms with van der Waals surface area (Å²) in [6.45, 7) is 3.74. The molecule has 4 rings (SSSR count). The van der Waals surface area contributed by atoms with Crippen molar-refractivity contribution in [2.45, 2.75) is 70.1 Å². The zero-order valence-electron chi connectivity index (χ0n) is 17.7. The van der Waals surface area contributed by atoms with Gasteiger partial charge in [-0.1, -0.05) is 31.4 Å². The highest BCUT2D eigenvalue weighted by Gasteiger charge is 2.44. The molecule has 1 N–H and O–H groups in total. The van der Waals surface area contributed by atoms with Crippen LogP contribution < -0.4 is 10.1 Å². The second-order valence-electron chi connectivity index (χ2n) is 8.65. The number of hydrogen-bond donors (Lipinski definition) is 1. The Morgan fingerprint density at radius 3 is 2.50 bits per heavy atom. The fourth-order valence-electron chi connectivity index (χ4n) is 4.76. The predicted octanol–water partition coefficient (Wildman–Crippen LogP) is 2.70. The third kappa shape index (κ3) is 4.16. The maximum absolute atomic E-state index is 13.1. The Balaban J connectivity index is 1.46. The normalized spacial score (nSPS) is 26.0. The largest absolute Gasteiger partial charge is 0.467 e. The van der Waals surface area contributed by atoms with Gasteiger partial charge in [-0.25, -0.2) is 0 Å². The molecule has 2 unspecified atom stereocenters. The van der Waals surface area contributed by atoms with E-state index in [0.717, 1.165) is 38.8 Å². The van der Waals surface area contributed by atoms with E-state index in [0.29, 0.717) is 30.7 Å². The smallest absolute Gasteiger partial charge is 0.258 e. The second kappa shape index (κ2) is 8.66. The lowest BCUT2D eigenvalue weighted by Gasteiger charge is -2.38. The van der Waals surface area contributed by atoms with Crippen molar-refractivity contribution in [2.24, 2.45) is 0 Å². The molecule has 0 aliphatic carbocycles. The van der Waals surface area contributed by atoms with Crippen molar-refractivity contribution in [3.8, 4) is 5.75 Å². The number of fused-ring (bicyclic) bond motifs is 1. The van der Waals surface area contributed by atoms with Crippen LogP contribution in [0.15, 0.2) is 24.3 Å². The highest BCUT2D eigenvalue weighted by Crippen LogP contribution is 2.34. The molecule has 3 aliphatic rings. The van der Waals surface area contributed by atoms with Crippen molar-refractivity contribution in [3.05, 3.63) is 29.8 Å². The van der Waals surface area contributed by atoms with Gasteiger partial charge >= 0.3 is 0 Å². The second-order valence-corrected chi connectivity index (χ2v) is 8.65. The van der Waals surface area contributed by atoms with Crippen molar-refractivity contribution in [1.29, 1.82) is 0 Å². The van der Waals surface area contributed by atoms with Crippen molar-refractivity contribution >= 4 is 17.7 Å². The van der Waals surface area contributed by atoms with Crippen LogP contribution in [-0.4, -0.2) is 58.9 Å². The first kappa shape index (κ1) is 20.7. The number of ether oxygens (including phenoxy) is 1. The van der Waals surface area contributed by atoms with Crippen LogP contribution in [0.25, 0.3) is 0 Å². The summed E-state index contributed by atoms with van der Waals surface area (Å²) in [4.78, 5) is 42.2. The summed E-state index contributed by atoms with van der Waals surface area (Å²) in [5, 5.41) is 2.98. The van der Waals surface area contributed by atoms with Crippen molar-refractivity contribution < 1.29 is 19.1 Å². The van der Waals surface area contributed by atoms with Crippen LogP contribution >= 0.6 is 0 Å². The van der Waals surface area contributed by atoms with Gasteiger partial charge in [-0.05, 0) is 31.9 Å². The first-order valence-electron chi connectivity index (χ1n) is 11.2. The molecule has 2 fully saturated rings. The number of benzene rings is 1. The number of nitrogens with one attached hydrogen (secondary N) is 1. The lowest BCUT2D eigenvalue weighted by atomic mass is 10.0. The van der Waals surface area contributed by atoms with E-state index in [1.807, 2.05) is 17.9 Å².